The second-order valence-electron chi connectivity index (χ2n) is 7.56. The van der Waals surface area contributed by atoms with Gasteiger partial charge in [-0.05, 0) is 37.3 Å². The van der Waals surface area contributed by atoms with Crippen molar-refractivity contribution < 1.29 is 4.79 Å². The van der Waals surface area contributed by atoms with E-state index in [0.717, 1.165) is 33.3 Å². The molecule has 0 atom stereocenters. The summed E-state index contributed by atoms with van der Waals surface area (Å²) in [6.07, 6.45) is 0. The molecule has 2 heterocycles. The fourth-order valence-electron chi connectivity index (χ4n) is 3.60. The molecule has 0 radical (unpaired) electrons. The topological polar surface area (TPSA) is 54.9 Å². The smallest absolute Gasteiger partial charge is 0.258 e. The molecule has 5 rings (SSSR count). The Labute approximate surface area is 204 Å². The molecule has 0 bridgehead atoms. The number of halogens is 2. The van der Waals surface area contributed by atoms with Crippen LogP contribution in [0.5, 0.6) is 0 Å². The Balaban J connectivity index is 1.50. The van der Waals surface area contributed by atoms with E-state index in [4.69, 9.17) is 28.2 Å². The standard InChI is InChI=1S/C26H17Cl2N3OS/c1-15-5-4-6-16(11-15)23-13-19(18-7-2-3-8-22(18)29-23)25(32)31-26-30-24(14-33-26)17-9-10-20(27)21(28)12-17/h2-14H,1H3,(H,30,31,32). The van der Waals surface area contributed by atoms with Crippen LogP contribution in [0.3, 0.4) is 0 Å². The second-order valence-corrected chi connectivity index (χ2v) is 9.24. The molecule has 5 aromatic rings. The fourth-order valence-corrected chi connectivity index (χ4v) is 4.61. The highest BCUT2D eigenvalue weighted by Crippen LogP contribution is 2.31. The van der Waals surface area contributed by atoms with Gasteiger partial charge in [-0.25, -0.2) is 9.97 Å². The molecule has 0 aliphatic carbocycles. The van der Waals surface area contributed by atoms with Crippen LogP contribution in [-0.2, 0) is 0 Å². The first-order valence-corrected chi connectivity index (χ1v) is 11.8. The first kappa shape index (κ1) is 21.6. The summed E-state index contributed by atoms with van der Waals surface area (Å²) in [5.41, 5.74) is 5.70. The largest absolute Gasteiger partial charge is 0.298 e. The van der Waals surface area contributed by atoms with Crippen LogP contribution in [0, 0.1) is 6.92 Å². The number of thiazole rings is 1. The van der Waals surface area contributed by atoms with Crippen LogP contribution in [0.4, 0.5) is 5.13 Å². The van der Waals surface area contributed by atoms with Gasteiger partial charge in [0, 0.05) is 21.9 Å². The van der Waals surface area contributed by atoms with E-state index in [1.807, 2.05) is 66.9 Å². The van der Waals surface area contributed by atoms with Gasteiger partial charge in [-0.3, -0.25) is 10.1 Å². The van der Waals surface area contributed by atoms with Crippen LogP contribution >= 0.6 is 34.5 Å². The molecule has 7 heteroatoms. The average molecular weight is 490 g/mol. The lowest BCUT2D eigenvalue weighted by Gasteiger charge is -2.10. The van der Waals surface area contributed by atoms with E-state index in [0.29, 0.717) is 26.4 Å². The van der Waals surface area contributed by atoms with Gasteiger partial charge in [0.1, 0.15) is 0 Å². The number of nitrogens with one attached hydrogen (secondary N) is 1. The van der Waals surface area contributed by atoms with Crippen molar-refractivity contribution in [2.75, 3.05) is 5.32 Å². The molecule has 0 spiro atoms. The number of hydrogen-bond donors (Lipinski definition) is 1. The second kappa shape index (κ2) is 8.94. The summed E-state index contributed by atoms with van der Waals surface area (Å²) in [6, 6.07) is 22.9. The Bertz CT molecular complexity index is 1510. The van der Waals surface area contributed by atoms with E-state index in [2.05, 4.69) is 16.4 Å². The maximum atomic E-state index is 13.3. The summed E-state index contributed by atoms with van der Waals surface area (Å²) < 4.78 is 0. The van der Waals surface area contributed by atoms with Crippen molar-refractivity contribution in [1.82, 2.24) is 9.97 Å². The Morgan fingerprint density at radius 2 is 1.67 bits per heavy atom. The summed E-state index contributed by atoms with van der Waals surface area (Å²) in [5.74, 6) is -0.238. The first-order chi connectivity index (χ1) is 16.0. The lowest BCUT2D eigenvalue weighted by molar-refractivity contribution is 0.102. The number of hydrogen-bond acceptors (Lipinski definition) is 4. The van der Waals surface area contributed by atoms with Gasteiger partial charge < -0.3 is 0 Å². The minimum Gasteiger partial charge on any atom is -0.298 e. The van der Waals surface area contributed by atoms with E-state index in [9.17, 15) is 4.79 Å². The van der Waals surface area contributed by atoms with Crippen molar-refractivity contribution in [1.29, 1.82) is 0 Å². The number of aromatic nitrogens is 2. The van der Waals surface area contributed by atoms with Gasteiger partial charge in [0.25, 0.3) is 5.91 Å². The molecular formula is C26H17Cl2N3OS. The number of para-hydroxylation sites is 1. The van der Waals surface area contributed by atoms with Crippen molar-refractivity contribution >= 4 is 56.5 Å². The van der Waals surface area contributed by atoms with Gasteiger partial charge in [0.15, 0.2) is 5.13 Å². The quantitative estimate of drug-likeness (QED) is 0.279. The van der Waals surface area contributed by atoms with E-state index in [-0.39, 0.29) is 5.91 Å². The van der Waals surface area contributed by atoms with Crippen LogP contribution in [0.2, 0.25) is 10.0 Å². The van der Waals surface area contributed by atoms with E-state index < -0.39 is 0 Å². The maximum absolute atomic E-state index is 13.3. The summed E-state index contributed by atoms with van der Waals surface area (Å²) in [5, 5.41) is 7.04. The number of pyridine rings is 1. The van der Waals surface area contributed by atoms with Gasteiger partial charge in [0.05, 0.1) is 32.5 Å². The van der Waals surface area contributed by atoms with Crippen molar-refractivity contribution in [3.05, 3.63) is 99.3 Å². The summed E-state index contributed by atoms with van der Waals surface area (Å²) in [6.45, 7) is 2.03. The lowest BCUT2D eigenvalue weighted by Crippen LogP contribution is -2.13. The van der Waals surface area contributed by atoms with E-state index >= 15 is 0 Å². The third-order valence-corrected chi connectivity index (χ3v) is 6.71. The predicted molar refractivity (Wildman–Crippen MR) is 137 cm³/mol. The average Bonchev–Trinajstić information content (AvgIpc) is 3.28. The Hall–Kier alpha value is -3.25. The molecule has 0 aliphatic rings. The highest BCUT2D eigenvalue weighted by molar-refractivity contribution is 7.14. The highest BCUT2D eigenvalue weighted by atomic mass is 35.5. The molecule has 33 heavy (non-hydrogen) atoms. The molecule has 3 aromatic carbocycles. The fraction of sp³-hybridized carbons (Fsp3) is 0.0385. The molecular weight excluding hydrogens is 473 g/mol. The summed E-state index contributed by atoms with van der Waals surface area (Å²) in [7, 11) is 0. The van der Waals surface area contributed by atoms with Crippen LogP contribution in [0.1, 0.15) is 15.9 Å². The molecule has 4 nitrogen and oxygen atoms in total. The SMILES string of the molecule is Cc1cccc(-c2cc(C(=O)Nc3nc(-c4ccc(Cl)c(Cl)c4)cs3)c3ccccc3n2)c1. The predicted octanol–water partition coefficient (Wildman–Crippen LogP) is 7.89. The number of nitrogens with zero attached hydrogens (tertiary/aromatic N) is 2. The number of carbonyl (C=O) groups excluding carboxylic acids is 1. The number of amides is 1. The lowest BCUT2D eigenvalue weighted by atomic mass is 10.0. The molecule has 2 aromatic heterocycles. The van der Waals surface area contributed by atoms with Crippen molar-refractivity contribution in [2.24, 2.45) is 0 Å². The Morgan fingerprint density at radius 3 is 2.48 bits per heavy atom. The molecule has 0 saturated carbocycles. The van der Waals surface area contributed by atoms with Gasteiger partial charge in [-0.15, -0.1) is 11.3 Å². The van der Waals surface area contributed by atoms with Crippen molar-refractivity contribution in [2.45, 2.75) is 6.92 Å². The summed E-state index contributed by atoms with van der Waals surface area (Å²) in [4.78, 5) is 22.7. The van der Waals surface area contributed by atoms with Crippen LogP contribution in [0.25, 0.3) is 33.4 Å². The number of fused-ring (bicyclic) bond motifs is 1. The number of aryl methyl sites for hydroxylation is 1. The van der Waals surface area contributed by atoms with Crippen LogP contribution in [-0.4, -0.2) is 15.9 Å². The van der Waals surface area contributed by atoms with Crippen LogP contribution in [0.15, 0.2) is 78.2 Å². The highest BCUT2D eigenvalue weighted by Gasteiger charge is 2.16. The third-order valence-electron chi connectivity index (χ3n) is 5.21. The van der Waals surface area contributed by atoms with Crippen LogP contribution < -0.4 is 5.32 Å². The molecule has 1 N–H and O–H groups in total. The van der Waals surface area contributed by atoms with Gasteiger partial charge in [-0.2, -0.15) is 0 Å². The monoisotopic (exact) mass is 489 g/mol. The molecule has 0 unspecified atom stereocenters. The van der Waals surface area contributed by atoms with E-state index in [1.54, 1.807) is 12.1 Å². The number of carbonyl (C=O) groups is 1. The minimum absolute atomic E-state index is 0.238. The van der Waals surface area contributed by atoms with Gasteiger partial charge in [-0.1, -0.05) is 71.2 Å². The molecule has 1 amide bonds. The zero-order valence-corrected chi connectivity index (χ0v) is 19.8. The zero-order valence-electron chi connectivity index (χ0n) is 17.5. The maximum Gasteiger partial charge on any atom is 0.258 e. The van der Waals surface area contributed by atoms with Gasteiger partial charge in [0.2, 0.25) is 0 Å². The number of benzene rings is 3. The molecule has 162 valence electrons. The molecule has 0 fully saturated rings. The summed E-state index contributed by atoms with van der Waals surface area (Å²) >= 11 is 13.5. The first-order valence-electron chi connectivity index (χ1n) is 10.2. The zero-order chi connectivity index (χ0) is 22.9. The minimum atomic E-state index is -0.238. The third kappa shape index (κ3) is 4.48. The van der Waals surface area contributed by atoms with Crippen molar-refractivity contribution in [3.8, 4) is 22.5 Å². The van der Waals surface area contributed by atoms with Gasteiger partial charge >= 0.3 is 0 Å². The molecule has 0 saturated heterocycles. The molecule has 0 aliphatic heterocycles. The Morgan fingerprint density at radius 1 is 0.848 bits per heavy atom. The Kier molecular flexibility index (Phi) is 5.85. The number of anilines is 1. The number of rotatable bonds is 4. The van der Waals surface area contributed by atoms with Crippen molar-refractivity contribution in [3.63, 3.8) is 0 Å². The van der Waals surface area contributed by atoms with E-state index in [1.165, 1.54) is 11.3 Å². The normalized spacial score (nSPS) is 11.0.